The van der Waals surface area contributed by atoms with Crippen molar-refractivity contribution < 1.29 is 28.6 Å². The van der Waals surface area contributed by atoms with Gasteiger partial charge in [-0.15, -0.1) is 0 Å². The Morgan fingerprint density at radius 1 is 0.567 bits per heavy atom. The molecule has 1 fully saturated rings. The van der Waals surface area contributed by atoms with E-state index in [0.29, 0.717) is 5.92 Å². The van der Waals surface area contributed by atoms with E-state index in [-0.39, 0.29) is 76.3 Å². The smallest absolute Gasteiger partial charge is 0.309 e. The van der Waals surface area contributed by atoms with Crippen LogP contribution in [0.2, 0.25) is 0 Å². The van der Waals surface area contributed by atoms with E-state index in [4.69, 9.17) is 31.4 Å². The number of nitrogens with two attached hydrogens (primary N) is 3. The number of ether oxygens (including phenoxy) is 3. The van der Waals surface area contributed by atoms with Crippen LogP contribution in [-0.4, -0.2) is 48.6 Å². The number of carbonyl (C=O) groups excluding carboxylic acids is 3. The van der Waals surface area contributed by atoms with Crippen LogP contribution in [0, 0.1) is 23.7 Å². The third-order valence-corrected chi connectivity index (χ3v) is 8.66. The number of rotatable bonds is 15. The Hall–Kier alpha value is -3.34. The van der Waals surface area contributed by atoms with Crippen LogP contribution in [-0.2, 0) is 28.6 Å². The number of esters is 3. The Morgan fingerprint density at radius 3 is 1.28 bits per heavy atom. The van der Waals surface area contributed by atoms with Crippen molar-refractivity contribution >= 4 is 17.9 Å². The summed E-state index contributed by atoms with van der Waals surface area (Å²) in [6, 6.07) is 15.3. The summed E-state index contributed by atoms with van der Waals surface area (Å²) in [5.41, 5.74) is 17.2. The van der Waals surface area contributed by atoms with Crippen molar-refractivity contribution in [3.05, 3.63) is 66.0 Å². The zero-order chi connectivity index (χ0) is 44.0. The van der Waals surface area contributed by atoms with Gasteiger partial charge in [-0.25, -0.2) is 0 Å². The predicted molar refractivity (Wildman–Crippen MR) is 258 cm³/mol. The van der Waals surface area contributed by atoms with E-state index >= 15 is 0 Å². The van der Waals surface area contributed by atoms with Crippen LogP contribution in [0.1, 0.15) is 199 Å². The maximum Gasteiger partial charge on any atom is 0.309 e. The molecule has 3 unspecified atom stereocenters. The van der Waals surface area contributed by atoms with Gasteiger partial charge in [-0.2, -0.15) is 0 Å². The third-order valence-electron chi connectivity index (χ3n) is 8.66. The van der Waals surface area contributed by atoms with Crippen LogP contribution in [0.5, 0.6) is 0 Å². The Balaban J connectivity index is -0.000000153. The van der Waals surface area contributed by atoms with E-state index in [1.807, 2.05) is 111 Å². The van der Waals surface area contributed by atoms with Gasteiger partial charge in [-0.3, -0.25) is 19.4 Å². The summed E-state index contributed by atoms with van der Waals surface area (Å²) < 4.78 is 15.9. The quantitative estimate of drug-likeness (QED) is 0.116. The lowest BCUT2D eigenvalue weighted by molar-refractivity contribution is -0.155. The lowest BCUT2D eigenvalue weighted by atomic mass is 9.86. The highest BCUT2D eigenvalue weighted by atomic mass is 16.6. The Bertz CT molecular complexity index is 1110. The third kappa shape index (κ3) is 40.1. The number of benzene rings is 1. The molecule has 0 spiro atoms. The first-order valence-corrected chi connectivity index (χ1v) is 21.7. The molecule has 0 amide bonds. The van der Waals surface area contributed by atoms with Crippen molar-refractivity contribution in [3.8, 4) is 0 Å². The second kappa shape index (κ2) is 46.7. The maximum absolute atomic E-state index is 11.4. The van der Waals surface area contributed by atoms with Crippen LogP contribution in [0.3, 0.4) is 0 Å². The zero-order valence-electron chi connectivity index (χ0n) is 38.3. The number of pyridine rings is 1. The fourth-order valence-electron chi connectivity index (χ4n) is 4.72. The standard InChI is InChI=1S/C12H22O2.C12H16O2.C11H15NO2.3C4H11N.3CH4/c2*1-9(2)12(13)14-10(3)11-7-5-4-6-8-11;1-8(2)11(13)14-9(3)10-6-4-5-7-12-10;3*1-2-3-4-5;;;/h9-11H,4-8H2,1-3H3;4-10H,1-3H3;4-9H,1-3H3;3*2-5H2,1H3;3*1H4. The highest BCUT2D eigenvalue weighted by Gasteiger charge is 2.24. The average molecular weight is 851 g/mol. The second-order valence-corrected chi connectivity index (χ2v) is 15.3. The predicted octanol–water partition coefficient (Wildman–Crippen LogP) is 12.6. The van der Waals surface area contributed by atoms with Crippen LogP contribution < -0.4 is 17.2 Å². The van der Waals surface area contributed by atoms with Gasteiger partial charge >= 0.3 is 17.9 Å². The van der Waals surface area contributed by atoms with Crippen LogP contribution in [0.4, 0.5) is 0 Å². The van der Waals surface area contributed by atoms with Gasteiger partial charge in [-0.05, 0) is 96.1 Å². The summed E-state index contributed by atoms with van der Waals surface area (Å²) in [4.78, 5) is 38.1. The van der Waals surface area contributed by atoms with E-state index in [2.05, 4.69) is 25.8 Å². The fourth-order valence-corrected chi connectivity index (χ4v) is 4.72. The molecular formula is C50H98N4O6. The minimum absolute atomic E-state index is 0. The first-order valence-electron chi connectivity index (χ1n) is 21.7. The minimum Gasteiger partial charge on any atom is -0.462 e. The van der Waals surface area contributed by atoms with Gasteiger partial charge < -0.3 is 31.4 Å². The number of hydrogen-bond acceptors (Lipinski definition) is 10. The van der Waals surface area contributed by atoms with Crippen molar-refractivity contribution in [1.29, 1.82) is 0 Å². The normalized spacial score (nSPS) is 12.8. The van der Waals surface area contributed by atoms with E-state index in [1.54, 1.807) is 6.20 Å². The number of hydrogen-bond donors (Lipinski definition) is 3. The zero-order valence-corrected chi connectivity index (χ0v) is 38.3. The van der Waals surface area contributed by atoms with Crippen molar-refractivity contribution in [1.82, 2.24) is 4.98 Å². The lowest BCUT2D eigenvalue weighted by Gasteiger charge is -2.27. The highest BCUT2D eigenvalue weighted by molar-refractivity contribution is 5.72. The molecule has 1 aromatic carbocycles. The van der Waals surface area contributed by atoms with Gasteiger partial charge in [-0.1, -0.05) is 160 Å². The largest absolute Gasteiger partial charge is 0.462 e. The van der Waals surface area contributed by atoms with Crippen molar-refractivity contribution in [2.75, 3.05) is 19.6 Å². The molecular weight excluding hydrogens is 753 g/mol. The van der Waals surface area contributed by atoms with Gasteiger partial charge in [0.1, 0.15) is 18.3 Å². The molecule has 3 rings (SSSR count). The average Bonchev–Trinajstić information content (AvgIpc) is 3.20. The highest BCUT2D eigenvalue weighted by Crippen LogP contribution is 2.28. The van der Waals surface area contributed by atoms with Crippen molar-refractivity contribution in [3.63, 3.8) is 0 Å². The molecule has 3 atom stereocenters. The first-order chi connectivity index (χ1) is 27.1. The first kappa shape index (κ1) is 68.4. The molecule has 0 saturated heterocycles. The molecule has 60 heavy (non-hydrogen) atoms. The van der Waals surface area contributed by atoms with E-state index in [9.17, 15) is 14.4 Å². The van der Waals surface area contributed by atoms with Gasteiger partial charge in [0.25, 0.3) is 0 Å². The summed E-state index contributed by atoms with van der Waals surface area (Å²) >= 11 is 0. The minimum atomic E-state index is -0.272. The molecule has 354 valence electrons. The molecule has 2 aromatic rings. The Morgan fingerprint density at radius 2 is 0.950 bits per heavy atom. The Labute approximate surface area is 371 Å². The molecule has 6 N–H and O–H groups in total. The number of nitrogens with zero attached hydrogens (tertiary/aromatic N) is 1. The second-order valence-electron chi connectivity index (χ2n) is 15.3. The summed E-state index contributed by atoms with van der Waals surface area (Å²) in [6.07, 6.45) is 14.9. The maximum atomic E-state index is 11.4. The van der Waals surface area contributed by atoms with E-state index < -0.39 is 0 Å². The topological polar surface area (TPSA) is 170 Å². The molecule has 10 heteroatoms. The number of unbranched alkanes of at least 4 members (excludes halogenated alkanes) is 3. The number of carbonyl (C=O) groups is 3. The molecule has 10 nitrogen and oxygen atoms in total. The van der Waals surface area contributed by atoms with Crippen molar-refractivity contribution in [2.45, 2.75) is 194 Å². The summed E-state index contributed by atoms with van der Waals surface area (Å²) in [5, 5.41) is 0. The van der Waals surface area contributed by atoms with Gasteiger partial charge in [0.2, 0.25) is 0 Å². The van der Waals surface area contributed by atoms with E-state index in [1.165, 1.54) is 70.6 Å². The molecule has 1 aromatic heterocycles. The van der Waals surface area contributed by atoms with Crippen LogP contribution in [0.15, 0.2) is 54.7 Å². The Kier molecular flexibility index (Phi) is 53.3. The molecule has 1 aliphatic carbocycles. The monoisotopic (exact) mass is 851 g/mol. The number of aromatic nitrogens is 1. The van der Waals surface area contributed by atoms with E-state index in [0.717, 1.165) is 30.9 Å². The van der Waals surface area contributed by atoms with Crippen molar-refractivity contribution in [2.24, 2.45) is 40.9 Å². The molecule has 1 heterocycles. The van der Waals surface area contributed by atoms with Crippen LogP contribution >= 0.6 is 0 Å². The fraction of sp³-hybridized carbons (Fsp3) is 0.720. The summed E-state index contributed by atoms with van der Waals surface area (Å²) in [5.74, 6) is 0.0439. The van der Waals surface area contributed by atoms with Gasteiger partial charge in [0.05, 0.1) is 23.4 Å². The molecule has 0 bridgehead atoms. The summed E-state index contributed by atoms with van der Waals surface area (Å²) in [7, 11) is 0. The van der Waals surface area contributed by atoms with Crippen LogP contribution in [0.25, 0.3) is 0 Å². The lowest BCUT2D eigenvalue weighted by Crippen LogP contribution is -2.27. The van der Waals surface area contributed by atoms with Gasteiger partial charge in [0, 0.05) is 6.20 Å². The molecule has 1 aliphatic rings. The van der Waals surface area contributed by atoms with Gasteiger partial charge in [0.15, 0.2) is 0 Å². The SMILES string of the molecule is C.C.C.CC(C)C(=O)OC(C)C1CCCCC1.CC(C)C(=O)OC(C)c1ccccc1.CC(C)C(=O)OC(C)c1ccccn1.CCCCN.CCCCN.CCCCN. The molecule has 0 radical (unpaired) electrons. The molecule has 1 saturated carbocycles. The summed E-state index contributed by atoms with van der Waals surface area (Å²) in [6.45, 7) is 25.7. The molecule has 0 aliphatic heterocycles.